The Hall–Kier alpha value is -3.17. The van der Waals surface area contributed by atoms with Crippen molar-refractivity contribution in [1.29, 1.82) is 0 Å². The summed E-state index contributed by atoms with van der Waals surface area (Å²) >= 11 is 0. The summed E-state index contributed by atoms with van der Waals surface area (Å²) in [5, 5.41) is 0. The molecule has 0 aliphatic heterocycles. The van der Waals surface area contributed by atoms with Gasteiger partial charge in [-0.3, -0.25) is 9.69 Å². The molecule has 0 bridgehead atoms. The third kappa shape index (κ3) is 7.73. The van der Waals surface area contributed by atoms with Gasteiger partial charge >= 0.3 is 5.97 Å². The Balaban J connectivity index is 1.94. The number of benzene rings is 3. The van der Waals surface area contributed by atoms with Gasteiger partial charge in [0, 0.05) is 18.6 Å². The number of hydrogen-bond acceptors (Lipinski definition) is 3. The van der Waals surface area contributed by atoms with Crippen LogP contribution in [0.3, 0.4) is 0 Å². The summed E-state index contributed by atoms with van der Waals surface area (Å²) in [5.41, 5.74) is 2.98. The molecule has 2 atom stereocenters. The molecule has 0 spiro atoms. The lowest BCUT2D eigenvalue weighted by molar-refractivity contribution is -0.156. The number of esters is 1. The molecule has 3 heteroatoms. The summed E-state index contributed by atoms with van der Waals surface area (Å²) < 4.78 is 5.72. The van der Waals surface area contributed by atoms with Crippen molar-refractivity contribution in [1.82, 2.24) is 4.90 Å². The standard InChI is InChI=1S/C30H35NO2/c1-24(26-18-10-6-11-19-26)31(22-14-17-25-15-8-5-9-16-25)28(27-20-12-7-13-21-27)23-29(32)33-30(2,3)4/h5-21,24,28H,22-23H2,1-4H3/t24-,28+/m0/s1. The topological polar surface area (TPSA) is 29.5 Å². The lowest BCUT2D eigenvalue weighted by Crippen LogP contribution is -2.35. The maximum Gasteiger partial charge on any atom is 0.308 e. The molecule has 0 radical (unpaired) electrons. The smallest absolute Gasteiger partial charge is 0.308 e. The van der Waals surface area contributed by atoms with Crippen molar-refractivity contribution >= 4 is 12.0 Å². The number of carbonyl (C=O) groups excluding carboxylic acids is 1. The Morgan fingerprint density at radius 2 is 1.36 bits per heavy atom. The minimum Gasteiger partial charge on any atom is -0.460 e. The number of rotatable bonds is 9. The fraction of sp³-hybridized carbons (Fsp3) is 0.300. The fourth-order valence-corrected chi connectivity index (χ4v) is 4.00. The first-order valence-corrected chi connectivity index (χ1v) is 11.6. The van der Waals surface area contributed by atoms with Crippen LogP contribution >= 0.6 is 0 Å². The molecule has 0 N–H and O–H groups in total. The van der Waals surface area contributed by atoms with Gasteiger partial charge < -0.3 is 4.74 Å². The molecule has 0 saturated carbocycles. The van der Waals surface area contributed by atoms with Crippen LogP contribution in [0.25, 0.3) is 6.08 Å². The first kappa shape index (κ1) is 24.5. The monoisotopic (exact) mass is 441 g/mol. The Labute approximate surface area is 198 Å². The normalized spacial score (nSPS) is 13.7. The highest BCUT2D eigenvalue weighted by Gasteiger charge is 2.29. The molecule has 3 rings (SSSR count). The quantitative estimate of drug-likeness (QED) is 0.328. The van der Waals surface area contributed by atoms with E-state index in [9.17, 15) is 4.79 Å². The van der Waals surface area contributed by atoms with Crippen molar-refractivity contribution in [2.24, 2.45) is 0 Å². The van der Waals surface area contributed by atoms with E-state index in [1.165, 1.54) is 5.56 Å². The van der Waals surface area contributed by atoms with Gasteiger partial charge in [-0.2, -0.15) is 0 Å². The van der Waals surface area contributed by atoms with Gasteiger partial charge in [-0.1, -0.05) is 103 Å². The molecule has 3 aromatic rings. The van der Waals surface area contributed by atoms with Crippen LogP contribution in [0.15, 0.2) is 97.1 Å². The zero-order valence-corrected chi connectivity index (χ0v) is 20.1. The van der Waals surface area contributed by atoms with Crippen molar-refractivity contribution in [2.75, 3.05) is 6.54 Å². The molecule has 0 aliphatic carbocycles. The molecular formula is C30H35NO2. The van der Waals surface area contributed by atoms with E-state index in [0.29, 0.717) is 6.54 Å². The van der Waals surface area contributed by atoms with Crippen LogP contribution in [0.4, 0.5) is 0 Å². The van der Waals surface area contributed by atoms with Crippen LogP contribution in [-0.2, 0) is 9.53 Å². The van der Waals surface area contributed by atoms with Crippen LogP contribution in [0, 0.1) is 0 Å². The van der Waals surface area contributed by atoms with Gasteiger partial charge in [-0.15, -0.1) is 0 Å². The van der Waals surface area contributed by atoms with Crippen molar-refractivity contribution in [3.8, 4) is 0 Å². The molecule has 0 saturated heterocycles. The zero-order chi connectivity index (χ0) is 23.7. The van der Waals surface area contributed by atoms with E-state index in [1.54, 1.807) is 0 Å². The molecule has 0 fully saturated rings. The Bertz CT molecular complexity index is 1010. The number of ether oxygens (including phenoxy) is 1. The van der Waals surface area contributed by atoms with E-state index < -0.39 is 5.60 Å². The van der Waals surface area contributed by atoms with Gasteiger partial charge in [0.25, 0.3) is 0 Å². The maximum absolute atomic E-state index is 12.9. The van der Waals surface area contributed by atoms with Crippen molar-refractivity contribution in [3.05, 3.63) is 114 Å². The molecule has 0 aromatic heterocycles. The van der Waals surface area contributed by atoms with Crippen molar-refractivity contribution in [2.45, 2.75) is 51.8 Å². The fourth-order valence-electron chi connectivity index (χ4n) is 4.00. The van der Waals surface area contributed by atoms with E-state index in [2.05, 4.69) is 72.5 Å². The van der Waals surface area contributed by atoms with Gasteiger partial charge in [0.2, 0.25) is 0 Å². The lowest BCUT2D eigenvalue weighted by atomic mass is 9.97. The molecule has 33 heavy (non-hydrogen) atoms. The lowest BCUT2D eigenvalue weighted by Gasteiger charge is -2.36. The first-order chi connectivity index (χ1) is 15.8. The molecule has 0 amide bonds. The molecule has 3 aromatic carbocycles. The highest BCUT2D eigenvalue weighted by Crippen LogP contribution is 2.33. The maximum atomic E-state index is 12.9. The largest absolute Gasteiger partial charge is 0.460 e. The van der Waals surface area contributed by atoms with Crippen LogP contribution in [-0.4, -0.2) is 23.0 Å². The second-order valence-corrected chi connectivity index (χ2v) is 9.31. The minimum absolute atomic E-state index is 0.110. The summed E-state index contributed by atoms with van der Waals surface area (Å²) in [6.45, 7) is 8.64. The molecule has 3 nitrogen and oxygen atoms in total. The number of hydrogen-bond donors (Lipinski definition) is 0. The van der Waals surface area contributed by atoms with E-state index in [0.717, 1.165) is 11.1 Å². The Morgan fingerprint density at radius 3 is 1.91 bits per heavy atom. The van der Waals surface area contributed by atoms with Gasteiger partial charge in [0.05, 0.1) is 6.42 Å². The van der Waals surface area contributed by atoms with Crippen LogP contribution in [0.2, 0.25) is 0 Å². The third-order valence-electron chi connectivity index (χ3n) is 5.57. The second kappa shape index (κ2) is 11.6. The summed E-state index contributed by atoms with van der Waals surface area (Å²) in [5.74, 6) is -0.186. The molecule has 0 heterocycles. The predicted molar refractivity (Wildman–Crippen MR) is 137 cm³/mol. The Morgan fingerprint density at radius 1 is 0.848 bits per heavy atom. The second-order valence-electron chi connectivity index (χ2n) is 9.31. The van der Waals surface area contributed by atoms with Gasteiger partial charge in [-0.25, -0.2) is 0 Å². The summed E-state index contributed by atoms with van der Waals surface area (Å²) in [7, 11) is 0. The van der Waals surface area contributed by atoms with E-state index >= 15 is 0 Å². The highest BCUT2D eigenvalue weighted by atomic mass is 16.6. The van der Waals surface area contributed by atoms with Gasteiger partial charge in [0.15, 0.2) is 0 Å². The van der Waals surface area contributed by atoms with Gasteiger partial charge in [-0.05, 0) is 44.4 Å². The van der Waals surface area contributed by atoms with Crippen LogP contribution < -0.4 is 0 Å². The van der Waals surface area contributed by atoms with Gasteiger partial charge in [0.1, 0.15) is 5.60 Å². The van der Waals surface area contributed by atoms with Crippen LogP contribution in [0.1, 0.15) is 62.9 Å². The third-order valence-corrected chi connectivity index (χ3v) is 5.57. The average molecular weight is 442 g/mol. The van der Waals surface area contributed by atoms with Crippen LogP contribution in [0.5, 0.6) is 0 Å². The summed E-state index contributed by atoms with van der Waals surface area (Å²) in [6.07, 6.45) is 4.61. The minimum atomic E-state index is -0.512. The molecule has 0 unspecified atom stereocenters. The van der Waals surface area contributed by atoms with E-state index in [-0.39, 0.29) is 24.5 Å². The summed E-state index contributed by atoms with van der Waals surface area (Å²) in [4.78, 5) is 15.3. The van der Waals surface area contributed by atoms with Crippen molar-refractivity contribution < 1.29 is 9.53 Å². The first-order valence-electron chi connectivity index (χ1n) is 11.6. The molecular weight excluding hydrogens is 406 g/mol. The SMILES string of the molecule is C[C@@H](c1ccccc1)N(CC=Cc1ccccc1)[C@H](CC(=O)OC(C)(C)C)c1ccccc1. The predicted octanol–water partition coefficient (Wildman–Crippen LogP) is 7.24. The number of nitrogens with zero attached hydrogens (tertiary/aromatic N) is 1. The molecule has 0 aliphatic rings. The summed E-state index contributed by atoms with van der Waals surface area (Å²) in [6, 6.07) is 31.0. The molecule has 172 valence electrons. The highest BCUT2D eigenvalue weighted by molar-refractivity contribution is 5.71. The number of carbonyl (C=O) groups is 1. The van der Waals surface area contributed by atoms with Crippen molar-refractivity contribution in [3.63, 3.8) is 0 Å². The Kier molecular flexibility index (Phi) is 8.62. The average Bonchev–Trinajstić information content (AvgIpc) is 2.81. The zero-order valence-electron chi connectivity index (χ0n) is 20.1. The van der Waals surface area contributed by atoms with E-state index in [4.69, 9.17) is 4.74 Å². The van der Waals surface area contributed by atoms with E-state index in [1.807, 2.05) is 63.2 Å².